The molecule has 0 spiro atoms. The average Bonchev–Trinajstić information content (AvgIpc) is 3.10. The van der Waals surface area contributed by atoms with Gasteiger partial charge in [-0.3, -0.25) is 4.79 Å². The van der Waals surface area contributed by atoms with Crippen LogP contribution < -0.4 is 19.5 Å². The van der Waals surface area contributed by atoms with E-state index < -0.39 is 10.0 Å². The molecule has 3 aromatic carbocycles. The summed E-state index contributed by atoms with van der Waals surface area (Å²) in [6.07, 6.45) is 0. The molecule has 0 saturated carbocycles. The van der Waals surface area contributed by atoms with Crippen LogP contribution in [0.25, 0.3) is 0 Å². The Labute approximate surface area is 199 Å². The molecule has 178 valence electrons. The Balaban J connectivity index is 1.58. The summed E-state index contributed by atoms with van der Waals surface area (Å²) in [7, 11) is -1.05. The zero-order chi connectivity index (χ0) is 24.1. The molecule has 0 saturated heterocycles. The molecule has 0 bridgehead atoms. The van der Waals surface area contributed by atoms with Gasteiger partial charge in [0, 0.05) is 36.8 Å². The van der Waals surface area contributed by atoms with Crippen molar-refractivity contribution in [2.24, 2.45) is 0 Å². The molecule has 1 aliphatic heterocycles. The summed E-state index contributed by atoms with van der Waals surface area (Å²) in [4.78, 5) is 12.7. The summed E-state index contributed by atoms with van der Waals surface area (Å²) >= 11 is 0. The highest BCUT2D eigenvalue weighted by Gasteiger charge is 2.31. The van der Waals surface area contributed by atoms with Crippen LogP contribution in [0.2, 0.25) is 0 Å². The lowest BCUT2D eigenvalue weighted by molar-refractivity contribution is 0.0950. The molecule has 1 amide bonds. The summed E-state index contributed by atoms with van der Waals surface area (Å²) in [5, 5.41) is 2.89. The number of methoxy groups -OCH3 is 2. The van der Waals surface area contributed by atoms with Gasteiger partial charge in [-0.1, -0.05) is 30.3 Å². The quantitative estimate of drug-likeness (QED) is 0.556. The van der Waals surface area contributed by atoms with Gasteiger partial charge in [0.25, 0.3) is 5.91 Å². The lowest BCUT2D eigenvalue weighted by Crippen LogP contribution is -2.33. The minimum Gasteiger partial charge on any atom is -0.497 e. The number of hydrogen-bond acceptors (Lipinski definition) is 6. The molecule has 0 unspecified atom stereocenters. The molecule has 4 rings (SSSR count). The van der Waals surface area contributed by atoms with Gasteiger partial charge >= 0.3 is 0 Å². The number of hydrogen-bond donors (Lipinski definition) is 1. The maximum Gasteiger partial charge on any atom is 0.251 e. The van der Waals surface area contributed by atoms with Crippen molar-refractivity contribution in [3.8, 4) is 17.2 Å². The van der Waals surface area contributed by atoms with Crippen molar-refractivity contribution < 1.29 is 27.4 Å². The van der Waals surface area contributed by atoms with Gasteiger partial charge in [-0.05, 0) is 35.9 Å². The van der Waals surface area contributed by atoms with Gasteiger partial charge in [0.15, 0.2) is 0 Å². The maximum absolute atomic E-state index is 13.5. The highest BCUT2D eigenvalue weighted by atomic mass is 32.2. The van der Waals surface area contributed by atoms with Crippen molar-refractivity contribution in [3.63, 3.8) is 0 Å². The lowest BCUT2D eigenvalue weighted by Gasteiger charge is -2.21. The molecule has 8 nitrogen and oxygen atoms in total. The first-order chi connectivity index (χ1) is 16.4. The molecule has 0 aliphatic carbocycles. The minimum absolute atomic E-state index is 0.00885. The number of amides is 1. The van der Waals surface area contributed by atoms with Gasteiger partial charge in [-0.15, -0.1) is 0 Å². The average molecular weight is 483 g/mol. The van der Waals surface area contributed by atoms with Crippen molar-refractivity contribution in [1.29, 1.82) is 0 Å². The predicted molar refractivity (Wildman–Crippen MR) is 127 cm³/mol. The molecule has 3 aromatic rings. The van der Waals surface area contributed by atoms with E-state index in [1.54, 1.807) is 30.3 Å². The Morgan fingerprint density at radius 1 is 1.03 bits per heavy atom. The Bertz CT molecular complexity index is 1280. The molecule has 0 atom stereocenters. The first-order valence-corrected chi connectivity index (χ1v) is 12.2. The van der Waals surface area contributed by atoms with E-state index in [1.165, 1.54) is 24.6 Å². The van der Waals surface area contributed by atoms with E-state index in [0.29, 0.717) is 29.2 Å². The third-order valence-corrected chi connectivity index (χ3v) is 7.42. The van der Waals surface area contributed by atoms with Crippen molar-refractivity contribution in [2.45, 2.75) is 18.0 Å². The van der Waals surface area contributed by atoms with Gasteiger partial charge in [0.2, 0.25) is 10.0 Å². The third kappa shape index (κ3) is 5.00. The van der Waals surface area contributed by atoms with E-state index in [4.69, 9.17) is 14.2 Å². The van der Waals surface area contributed by atoms with Crippen molar-refractivity contribution in [3.05, 3.63) is 83.4 Å². The minimum atomic E-state index is -3.93. The van der Waals surface area contributed by atoms with E-state index in [1.807, 2.05) is 30.3 Å². The zero-order valence-electron chi connectivity index (χ0n) is 19.0. The molecule has 1 N–H and O–H groups in total. The predicted octanol–water partition coefficient (Wildman–Crippen LogP) is 3.22. The van der Waals surface area contributed by atoms with E-state index in [-0.39, 0.29) is 36.2 Å². The van der Waals surface area contributed by atoms with Crippen LogP contribution in [-0.2, 0) is 23.1 Å². The number of benzene rings is 3. The number of rotatable bonds is 7. The van der Waals surface area contributed by atoms with Crippen LogP contribution in [0, 0.1) is 0 Å². The molecule has 9 heteroatoms. The monoisotopic (exact) mass is 482 g/mol. The van der Waals surface area contributed by atoms with Gasteiger partial charge in [0.1, 0.15) is 28.8 Å². The second-order valence-electron chi connectivity index (χ2n) is 7.69. The van der Waals surface area contributed by atoms with Crippen LogP contribution in [-0.4, -0.2) is 46.0 Å². The molecular weight excluding hydrogens is 456 g/mol. The largest absolute Gasteiger partial charge is 0.497 e. The fourth-order valence-electron chi connectivity index (χ4n) is 3.72. The van der Waals surface area contributed by atoms with Gasteiger partial charge in [0.05, 0.1) is 14.2 Å². The first-order valence-electron chi connectivity index (χ1n) is 10.7. The van der Waals surface area contributed by atoms with Crippen LogP contribution in [0.4, 0.5) is 0 Å². The van der Waals surface area contributed by atoms with Crippen LogP contribution in [0.15, 0.2) is 71.6 Å². The van der Waals surface area contributed by atoms with Gasteiger partial charge in [-0.2, -0.15) is 4.31 Å². The molecular formula is C25H26N2O6S. The first kappa shape index (κ1) is 23.6. The van der Waals surface area contributed by atoms with E-state index >= 15 is 0 Å². The molecule has 34 heavy (non-hydrogen) atoms. The summed E-state index contributed by atoms with van der Waals surface area (Å²) in [5.74, 6) is 0.929. The zero-order valence-corrected chi connectivity index (χ0v) is 19.8. The number of sulfonamides is 1. The highest BCUT2D eigenvalue weighted by molar-refractivity contribution is 7.89. The number of nitrogens with zero attached hydrogens (tertiary/aromatic N) is 1. The normalized spacial score (nSPS) is 13.8. The number of fused-ring (bicyclic) bond motifs is 1. The number of ether oxygens (including phenoxy) is 3. The second kappa shape index (κ2) is 10.1. The molecule has 1 heterocycles. The standard InChI is InChI=1S/C25H26N2O6S/c1-31-21-9-11-23(32-2)24(15-21)34(29,30)27-12-13-33-22-10-8-19(14-20(22)17-27)25(28)26-16-18-6-4-3-5-7-18/h3-11,14-15H,12-13,16-17H2,1-2H3,(H,26,28). The van der Waals surface area contributed by atoms with Gasteiger partial charge < -0.3 is 19.5 Å². The summed E-state index contributed by atoms with van der Waals surface area (Å²) < 4.78 is 44.7. The second-order valence-corrected chi connectivity index (χ2v) is 9.60. The van der Waals surface area contributed by atoms with Crippen LogP contribution in [0.3, 0.4) is 0 Å². The van der Waals surface area contributed by atoms with Crippen molar-refractivity contribution in [1.82, 2.24) is 9.62 Å². The maximum atomic E-state index is 13.5. The molecule has 1 aliphatic rings. The number of carbonyl (C=O) groups is 1. The van der Waals surface area contributed by atoms with Crippen LogP contribution >= 0.6 is 0 Å². The SMILES string of the molecule is COc1ccc(OC)c(S(=O)(=O)N2CCOc3ccc(C(=O)NCc4ccccc4)cc3C2)c1. The third-order valence-electron chi connectivity index (χ3n) is 5.55. The van der Waals surface area contributed by atoms with Crippen LogP contribution in [0.1, 0.15) is 21.5 Å². The fourth-order valence-corrected chi connectivity index (χ4v) is 5.29. The van der Waals surface area contributed by atoms with E-state index in [2.05, 4.69) is 5.32 Å². The highest BCUT2D eigenvalue weighted by Crippen LogP contribution is 2.33. The Morgan fingerprint density at radius 3 is 2.56 bits per heavy atom. The van der Waals surface area contributed by atoms with Gasteiger partial charge in [-0.25, -0.2) is 8.42 Å². The van der Waals surface area contributed by atoms with E-state index in [9.17, 15) is 13.2 Å². The molecule has 0 aromatic heterocycles. The Kier molecular flexibility index (Phi) is 7.04. The number of carbonyl (C=O) groups excluding carboxylic acids is 1. The molecule has 0 fully saturated rings. The smallest absolute Gasteiger partial charge is 0.251 e. The van der Waals surface area contributed by atoms with Crippen molar-refractivity contribution >= 4 is 15.9 Å². The molecule has 0 radical (unpaired) electrons. The lowest BCUT2D eigenvalue weighted by atomic mass is 10.1. The summed E-state index contributed by atoms with van der Waals surface area (Å²) in [6, 6.07) is 19.3. The summed E-state index contributed by atoms with van der Waals surface area (Å²) in [5.41, 5.74) is 2.02. The van der Waals surface area contributed by atoms with E-state index in [0.717, 1.165) is 5.56 Å². The number of nitrogens with one attached hydrogen (secondary N) is 1. The Hall–Kier alpha value is -3.56. The van der Waals surface area contributed by atoms with Crippen LogP contribution in [0.5, 0.6) is 17.2 Å². The van der Waals surface area contributed by atoms with Crippen molar-refractivity contribution in [2.75, 3.05) is 27.4 Å². The fraction of sp³-hybridized carbons (Fsp3) is 0.240. The summed E-state index contributed by atoms with van der Waals surface area (Å²) in [6.45, 7) is 0.770. The topological polar surface area (TPSA) is 94.2 Å². The Morgan fingerprint density at radius 2 is 1.82 bits per heavy atom.